The van der Waals surface area contributed by atoms with Crippen molar-refractivity contribution in [3.05, 3.63) is 48.6 Å². The van der Waals surface area contributed by atoms with Crippen LogP contribution in [0.2, 0.25) is 0 Å². The fraction of sp³-hybridized carbons (Fsp3) is 0.500. The van der Waals surface area contributed by atoms with Gasteiger partial charge in [0.1, 0.15) is 0 Å². The molecule has 1 unspecified atom stereocenters. The maximum Gasteiger partial charge on any atom is 0.152 e. The molecule has 0 saturated carbocycles. The standard InChI is InChI=1S/C18H24N4O2S/c23-25(24)12-5-18(15-25)22-14-17(13-19-22)16-3-8-21(9-4-16)11-10-20-6-1-2-7-20/h1-3,6-7,13-14,18H,4-5,8-12,15H2. The van der Waals surface area contributed by atoms with E-state index < -0.39 is 9.84 Å². The number of nitrogens with zero attached hydrogens (tertiary/aromatic N) is 4. The summed E-state index contributed by atoms with van der Waals surface area (Å²) < 4.78 is 27.3. The number of aromatic nitrogens is 3. The third-order valence-electron chi connectivity index (χ3n) is 5.19. The Bertz CT molecular complexity index is 852. The average Bonchev–Trinajstić information content (AvgIpc) is 3.34. The smallest absolute Gasteiger partial charge is 0.152 e. The van der Waals surface area contributed by atoms with Crippen LogP contribution in [0.3, 0.4) is 0 Å². The lowest BCUT2D eigenvalue weighted by Crippen LogP contribution is -2.31. The monoisotopic (exact) mass is 360 g/mol. The van der Waals surface area contributed by atoms with Gasteiger partial charge in [-0.3, -0.25) is 9.58 Å². The van der Waals surface area contributed by atoms with Crippen molar-refractivity contribution >= 4 is 15.4 Å². The molecular formula is C18H24N4O2S. The molecule has 1 fully saturated rings. The maximum atomic E-state index is 11.6. The molecule has 0 aliphatic carbocycles. The topological polar surface area (TPSA) is 60.1 Å². The Kier molecular flexibility index (Phi) is 4.52. The lowest BCUT2D eigenvalue weighted by Gasteiger charge is -2.26. The second-order valence-corrected chi connectivity index (χ2v) is 9.20. The number of hydrogen-bond donors (Lipinski definition) is 0. The molecule has 0 bridgehead atoms. The van der Waals surface area contributed by atoms with Crippen LogP contribution in [-0.4, -0.2) is 58.8 Å². The third kappa shape index (κ3) is 3.88. The zero-order valence-electron chi connectivity index (χ0n) is 14.3. The summed E-state index contributed by atoms with van der Waals surface area (Å²) in [6.45, 7) is 4.08. The molecule has 7 heteroatoms. The fourth-order valence-corrected chi connectivity index (χ4v) is 5.34. The number of hydrogen-bond acceptors (Lipinski definition) is 4. The van der Waals surface area contributed by atoms with Crippen LogP contribution in [0, 0.1) is 0 Å². The SMILES string of the molecule is O=S1(=O)CCC(n2cc(C3=CCN(CCn4cccc4)CC3)cn2)C1. The van der Waals surface area contributed by atoms with Gasteiger partial charge in [0.25, 0.3) is 0 Å². The van der Waals surface area contributed by atoms with Gasteiger partial charge < -0.3 is 4.57 Å². The molecule has 1 atom stereocenters. The Morgan fingerprint density at radius 2 is 2.04 bits per heavy atom. The van der Waals surface area contributed by atoms with E-state index in [4.69, 9.17) is 0 Å². The molecule has 4 heterocycles. The van der Waals surface area contributed by atoms with Crippen LogP contribution in [0.5, 0.6) is 0 Å². The first kappa shape index (κ1) is 16.6. The molecule has 0 spiro atoms. The predicted octanol–water partition coefficient (Wildman–Crippen LogP) is 1.83. The van der Waals surface area contributed by atoms with Crippen LogP contribution in [0.4, 0.5) is 0 Å². The second kappa shape index (κ2) is 6.80. The van der Waals surface area contributed by atoms with Crippen molar-refractivity contribution in [2.75, 3.05) is 31.1 Å². The van der Waals surface area contributed by atoms with Crippen molar-refractivity contribution in [2.45, 2.75) is 25.4 Å². The Morgan fingerprint density at radius 3 is 2.72 bits per heavy atom. The zero-order valence-corrected chi connectivity index (χ0v) is 15.1. The first-order valence-electron chi connectivity index (χ1n) is 8.86. The molecule has 0 N–H and O–H groups in total. The molecule has 1 saturated heterocycles. The minimum absolute atomic E-state index is 0.000935. The molecule has 25 heavy (non-hydrogen) atoms. The Hall–Kier alpha value is -1.86. The highest BCUT2D eigenvalue weighted by molar-refractivity contribution is 7.91. The van der Waals surface area contributed by atoms with Gasteiger partial charge in [-0.05, 0) is 30.5 Å². The first-order chi connectivity index (χ1) is 12.1. The number of rotatable bonds is 5. The van der Waals surface area contributed by atoms with E-state index in [1.165, 1.54) is 5.57 Å². The van der Waals surface area contributed by atoms with Gasteiger partial charge in [-0.25, -0.2) is 8.42 Å². The van der Waals surface area contributed by atoms with Crippen LogP contribution >= 0.6 is 0 Å². The molecule has 4 rings (SSSR count). The predicted molar refractivity (Wildman–Crippen MR) is 98.0 cm³/mol. The van der Waals surface area contributed by atoms with E-state index in [0.29, 0.717) is 6.42 Å². The van der Waals surface area contributed by atoms with Crippen molar-refractivity contribution in [3.8, 4) is 0 Å². The van der Waals surface area contributed by atoms with Crippen molar-refractivity contribution in [1.29, 1.82) is 0 Å². The second-order valence-electron chi connectivity index (χ2n) is 6.97. The minimum Gasteiger partial charge on any atom is -0.353 e. The van der Waals surface area contributed by atoms with Crippen molar-refractivity contribution in [2.24, 2.45) is 0 Å². The van der Waals surface area contributed by atoms with E-state index in [1.807, 2.05) is 17.1 Å². The van der Waals surface area contributed by atoms with E-state index in [0.717, 1.165) is 38.2 Å². The quantitative estimate of drug-likeness (QED) is 0.816. The normalized spacial score (nSPS) is 23.7. The van der Waals surface area contributed by atoms with Crippen LogP contribution in [0.15, 0.2) is 43.0 Å². The third-order valence-corrected chi connectivity index (χ3v) is 6.94. The summed E-state index contributed by atoms with van der Waals surface area (Å²) in [4.78, 5) is 2.46. The highest BCUT2D eigenvalue weighted by atomic mass is 32.2. The molecule has 0 amide bonds. The summed E-state index contributed by atoms with van der Waals surface area (Å²) in [7, 11) is -2.88. The summed E-state index contributed by atoms with van der Waals surface area (Å²) in [5.41, 5.74) is 2.46. The molecule has 2 aromatic heterocycles. The summed E-state index contributed by atoms with van der Waals surface area (Å²) >= 11 is 0. The summed E-state index contributed by atoms with van der Waals surface area (Å²) in [5.74, 6) is 0.506. The summed E-state index contributed by atoms with van der Waals surface area (Å²) in [6.07, 6.45) is 12.1. The van der Waals surface area contributed by atoms with Crippen LogP contribution in [0.25, 0.3) is 5.57 Å². The molecule has 134 valence electrons. The van der Waals surface area contributed by atoms with Gasteiger partial charge >= 0.3 is 0 Å². The summed E-state index contributed by atoms with van der Waals surface area (Å²) in [6, 6.07) is 4.11. The van der Waals surface area contributed by atoms with Gasteiger partial charge in [-0.2, -0.15) is 5.10 Å². The van der Waals surface area contributed by atoms with E-state index in [9.17, 15) is 8.42 Å². The number of sulfone groups is 1. The van der Waals surface area contributed by atoms with Crippen LogP contribution < -0.4 is 0 Å². The van der Waals surface area contributed by atoms with E-state index >= 15 is 0 Å². The van der Waals surface area contributed by atoms with Gasteiger partial charge in [0.2, 0.25) is 0 Å². The van der Waals surface area contributed by atoms with Crippen LogP contribution in [-0.2, 0) is 16.4 Å². The van der Waals surface area contributed by atoms with E-state index in [-0.39, 0.29) is 17.5 Å². The molecule has 2 aliphatic heterocycles. The van der Waals surface area contributed by atoms with Crippen molar-refractivity contribution in [1.82, 2.24) is 19.2 Å². The van der Waals surface area contributed by atoms with E-state index in [2.05, 4.69) is 45.2 Å². The molecule has 2 aliphatic rings. The lowest BCUT2D eigenvalue weighted by molar-refractivity contribution is 0.289. The van der Waals surface area contributed by atoms with Crippen LogP contribution in [0.1, 0.15) is 24.4 Å². The minimum atomic E-state index is -2.88. The van der Waals surface area contributed by atoms with E-state index in [1.54, 1.807) is 0 Å². The Morgan fingerprint density at radius 1 is 1.20 bits per heavy atom. The molecule has 0 radical (unpaired) electrons. The Balaban J connectivity index is 1.35. The zero-order chi connectivity index (χ0) is 17.3. The average molecular weight is 360 g/mol. The Labute approximate surface area is 148 Å². The van der Waals surface area contributed by atoms with Gasteiger partial charge in [0.05, 0.1) is 23.7 Å². The summed E-state index contributed by atoms with van der Waals surface area (Å²) in [5, 5.41) is 4.42. The lowest BCUT2D eigenvalue weighted by atomic mass is 10.0. The molecule has 0 aromatic carbocycles. The van der Waals surface area contributed by atoms with Crippen molar-refractivity contribution in [3.63, 3.8) is 0 Å². The highest BCUT2D eigenvalue weighted by Gasteiger charge is 2.29. The molecule has 6 nitrogen and oxygen atoms in total. The van der Waals surface area contributed by atoms with Gasteiger partial charge in [-0.15, -0.1) is 0 Å². The van der Waals surface area contributed by atoms with Gasteiger partial charge in [-0.1, -0.05) is 6.08 Å². The molecular weight excluding hydrogens is 336 g/mol. The van der Waals surface area contributed by atoms with Gasteiger partial charge in [0, 0.05) is 50.3 Å². The fourth-order valence-electron chi connectivity index (χ4n) is 3.64. The maximum absolute atomic E-state index is 11.6. The molecule has 2 aromatic rings. The first-order valence-corrected chi connectivity index (χ1v) is 10.7. The van der Waals surface area contributed by atoms with Crippen molar-refractivity contribution < 1.29 is 8.42 Å². The largest absolute Gasteiger partial charge is 0.353 e. The highest BCUT2D eigenvalue weighted by Crippen LogP contribution is 2.26. The van der Waals surface area contributed by atoms with Gasteiger partial charge in [0.15, 0.2) is 9.84 Å².